The summed E-state index contributed by atoms with van der Waals surface area (Å²) in [5.41, 5.74) is 6.85. The van der Waals surface area contributed by atoms with E-state index in [-0.39, 0.29) is 0 Å². The Morgan fingerprint density at radius 2 is 1.54 bits per heavy atom. The number of para-hydroxylation sites is 1. The van der Waals surface area contributed by atoms with Crippen LogP contribution < -0.4 is 16.4 Å². The van der Waals surface area contributed by atoms with Gasteiger partial charge >= 0.3 is 6.09 Å². The molecule has 0 aliphatic carbocycles. The van der Waals surface area contributed by atoms with Gasteiger partial charge in [-0.05, 0) is 77.6 Å². The number of nitrogens with zero attached hydrogens (tertiary/aromatic N) is 1. The molecule has 0 saturated carbocycles. The predicted octanol–water partition coefficient (Wildman–Crippen LogP) is 4.63. The monoisotopic (exact) mass is 538 g/mol. The van der Waals surface area contributed by atoms with Gasteiger partial charge in [-0.15, -0.1) is 0 Å². The highest BCUT2D eigenvalue weighted by Crippen LogP contribution is 2.32. The van der Waals surface area contributed by atoms with E-state index in [1.807, 2.05) is 56.3 Å². The van der Waals surface area contributed by atoms with Gasteiger partial charge in [0, 0.05) is 11.2 Å². The summed E-state index contributed by atoms with van der Waals surface area (Å²) in [6.07, 6.45) is -0.530. The van der Waals surface area contributed by atoms with Crippen molar-refractivity contribution in [2.45, 2.75) is 91.5 Å². The van der Waals surface area contributed by atoms with Gasteiger partial charge < -0.3 is 26.0 Å². The predicted molar refractivity (Wildman–Crippen MR) is 152 cm³/mol. The van der Waals surface area contributed by atoms with Crippen molar-refractivity contribution in [3.8, 4) is 0 Å². The van der Waals surface area contributed by atoms with Gasteiger partial charge in [-0.25, -0.2) is 4.79 Å². The molecule has 2 atom stereocenters. The topological polar surface area (TPSA) is 131 Å². The van der Waals surface area contributed by atoms with Gasteiger partial charge in [0.05, 0.1) is 6.42 Å². The zero-order chi connectivity index (χ0) is 29.5. The van der Waals surface area contributed by atoms with E-state index in [4.69, 9.17) is 10.5 Å². The quantitative estimate of drug-likeness (QED) is 0.428. The molecule has 0 aliphatic heterocycles. The highest BCUT2D eigenvalue weighted by molar-refractivity contribution is 6.00. The first kappa shape index (κ1) is 31.3. The summed E-state index contributed by atoms with van der Waals surface area (Å²) >= 11 is 0. The van der Waals surface area contributed by atoms with Crippen LogP contribution in [0.5, 0.6) is 0 Å². The van der Waals surface area contributed by atoms with E-state index in [1.165, 1.54) is 4.90 Å². The second-order valence-corrected chi connectivity index (χ2v) is 11.6. The number of rotatable bonds is 9. The van der Waals surface area contributed by atoms with Crippen molar-refractivity contribution in [2.24, 2.45) is 5.73 Å². The second kappa shape index (κ2) is 12.8. The summed E-state index contributed by atoms with van der Waals surface area (Å²) in [5, 5.41) is 5.45. The highest BCUT2D eigenvalue weighted by Gasteiger charge is 2.42. The minimum absolute atomic E-state index is 0.438. The number of nitrogens with two attached hydrogens (primary N) is 1. The molecular formula is C30H42N4O5. The largest absolute Gasteiger partial charge is 0.444 e. The van der Waals surface area contributed by atoms with Gasteiger partial charge in [0.15, 0.2) is 0 Å². The third-order valence-corrected chi connectivity index (χ3v) is 5.97. The van der Waals surface area contributed by atoms with Gasteiger partial charge in [0.25, 0.3) is 5.91 Å². The van der Waals surface area contributed by atoms with Crippen LogP contribution in [0.2, 0.25) is 0 Å². The maximum Gasteiger partial charge on any atom is 0.408 e. The Bertz CT molecular complexity index is 1180. The SMILES string of the molecule is CCc1ccc(C(C(=O)Nc2ccccc2C)N(C(=O)C(CC(N)=O)NC(=O)OC(C)(C)C)C(C)(C)C)cc1. The molecule has 0 radical (unpaired) electrons. The second-order valence-electron chi connectivity index (χ2n) is 11.6. The highest BCUT2D eigenvalue weighted by atomic mass is 16.6. The third kappa shape index (κ3) is 9.12. The minimum atomic E-state index is -1.35. The zero-order valence-electron chi connectivity index (χ0n) is 24.3. The molecule has 0 aliphatic rings. The van der Waals surface area contributed by atoms with Crippen LogP contribution in [-0.4, -0.2) is 45.9 Å². The van der Waals surface area contributed by atoms with E-state index >= 15 is 0 Å². The molecule has 212 valence electrons. The number of carbonyl (C=O) groups excluding carboxylic acids is 4. The molecule has 0 saturated heterocycles. The Balaban J connectivity index is 2.61. The molecule has 2 aromatic carbocycles. The maximum atomic E-state index is 14.2. The average Bonchev–Trinajstić information content (AvgIpc) is 2.81. The van der Waals surface area contributed by atoms with Crippen LogP contribution in [-0.2, 0) is 25.5 Å². The zero-order valence-corrected chi connectivity index (χ0v) is 24.3. The van der Waals surface area contributed by atoms with Crippen LogP contribution in [0.1, 0.15) is 77.6 Å². The first-order valence-electron chi connectivity index (χ1n) is 13.1. The van der Waals surface area contributed by atoms with Crippen molar-refractivity contribution in [1.82, 2.24) is 10.2 Å². The van der Waals surface area contributed by atoms with Crippen LogP contribution in [0.4, 0.5) is 10.5 Å². The summed E-state index contributed by atoms with van der Waals surface area (Å²) < 4.78 is 5.32. The number of alkyl carbamates (subject to hydrolysis) is 1. The van der Waals surface area contributed by atoms with Gasteiger partial charge in [-0.1, -0.05) is 49.4 Å². The molecule has 2 unspecified atom stereocenters. The van der Waals surface area contributed by atoms with Crippen molar-refractivity contribution in [2.75, 3.05) is 5.32 Å². The molecule has 4 amide bonds. The van der Waals surface area contributed by atoms with Crippen molar-refractivity contribution in [3.63, 3.8) is 0 Å². The third-order valence-electron chi connectivity index (χ3n) is 5.97. The van der Waals surface area contributed by atoms with Crippen molar-refractivity contribution >= 4 is 29.5 Å². The molecule has 9 nitrogen and oxygen atoms in total. The van der Waals surface area contributed by atoms with E-state index in [1.54, 1.807) is 47.6 Å². The number of ether oxygens (including phenoxy) is 1. The number of hydrogen-bond donors (Lipinski definition) is 3. The molecule has 0 spiro atoms. The number of amides is 4. The fourth-order valence-corrected chi connectivity index (χ4v) is 4.13. The van der Waals surface area contributed by atoms with E-state index < -0.39 is 53.5 Å². The van der Waals surface area contributed by atoms with E-state index in [9.17, 15) is 19.2 Å². The molecule has 0 fully saturated rings. The maximum absolute atomic E-state index is 14.2. The minimum Gasteiger partial charge on any atom is -0.444 e. The standard InChI is InChI=1S/C30H42N4O5/c1-9-20-14-16-21(17-15-20)25(26(36)32-22-13-11-10-12-19(22)2)34(29(3,4)5)27(37)23(18-24(31)35)33-28(38)39-30(6,7)8/h10-17,23,25H,9,18H2,1-8H3,(H2,31,35)(H,32,36)(H,33,38). The number of benzene rings is 2. The molecule has 0 heterocycles. The van der Waals surface area contributed by atoms with Crippen LogP contribution in [0, 0.1) is 6.92 Å². The summed E-state index contributed by atoms with van der Waals surface area (Å²) in [6.45, 7) is 14.3. The molecule has 0 aromatic heterocycles. The molecule has 0 bridgehead atoms. The number of primary amides is 1. The van der Waals surface area contributed by atoms with E-state index in [0.717, 1.165) is 17.5 Å². The normalized spacial score (nSPS) is 13.1. The Labute approximate surface area is 231 Å². The Hall–Kier alpha value is -3.88. The Morgan fingerprint density at radius 3 is 2.03 bits per heavy atom. The lowest BCUT2D eigenvalue weighted by Gasteiger charge is -2.43. The summed E-state index contributed by atoms with van der Waals surface area (Å²) in [6, 6.07) is 12.4. The molecule has 9 heteroatoms. The number of aryl methyl sites for hydroxylation is 2. The number of carbonyl (C=O) groups is 4. The summed E-state index contributed by atoms with van der Waals surface area (Å²) in [5.74, 6) is -1.87. The Kier molecular flexibility index (Phi) is 10.3. The van der Waals surface area contributed by atoms with Gasteiger partial charge in [0.2, 0.25) is 11.8 Å². The molecule has 2 aromatic rings. The van der Waals surface area contributed by atoms with Gasteiger partial charge in [0.1, 0.15) is 17.7 Å². The molecular weight excluding hydrogens is 496 g/mol. The van der Waals surface area contributed by atoms with Crippen LogP contribution in [0.3, 0.4) is 0 Å². The van der Waals surface area contributed by atoms with Gasteiger partial charge in [-0.2, -0.15) is 0 Å². The smallest absolute Gasteiger partial charge is 0.408 e. The van der Waals surface area contributed by atoms with E-state index in [0.29, 0.717) is 11.3 Å². The van der Waals surface area contributed by atoms with Crippen LogP contribution in [0.15, 0.2) is 48.5 Å². The lowest BCUT2D eigenvalue weighted by Crippen LogP contribution is -2.58. The number of nitrogens with one attached hydrogen (secondary N) is 2. The number of hydrogen-bond acceptors (Lipinski definition) is 5. The van der Waals surface area contributed by atoms with Crippen molar-refractivity contribution in [1.29, 1.82) is 0 Å². The first-order valence-corrected chi connectivity index (χ1v) is 13.1. The van der Waals surface area contributed by atoms with Crippen molar-refractivity contribution in [3.05, 3.63) is 65.2 Å². The fourth-order valence-electron chi connectivity index (χ4n) is 4.13. The van der Waals surface area contributed by atoms with E-state index in [2.05, 4.69) is 10.6 Å². The molecule has 39 heavy (non-hydrogen) atoms. The molecule has 4 N–H and O–H groups in total. The van der Waals surface area contributed by atoms with Crippen LogP contribution >= 0.6 is 0 Å². The van der Waals surface area contributed by atoms with Crippen LogP contribution in [0.25, 0.3) is 0 Å². The van der Waals surface area contributed by atoms with Crippen molar-refractivity contribution < 1.29 is 23.9 Å². The lowest BCUT2D eigenvalue weighted by molar-refractivity contribution is -0.147. The summed E-state index contributed by atoms with van der Waals surface area (Å²) in [4.78, 5) is 54.1. The lowest BCUT2D eigenvalue weighted by atomic mass is 9.94. The number of anilines is 1. The van der Waals surface area contributed by atoms with Gasteiger partial charge in [-0.3, -0.25) is 14.4 Å². The summed E-state index contributed by atoms with van der Waals surface area (Å²) in [7, 11) is 0. The molecule has 2 rings (SSSR count). The first-order chi connectivity index (χ1) is 18.0. The fraction of sp³-hybridized carbons (Fsp3) is 0.467. The average molecular weight is 539 g/mol. The Morgan fingerprint density at radius 1 is 0.949 bits per heavy atom.